The van der Waals surface area contributed by atoms with Crippen LogP contribution in [0.2, 0.25) is 5.02 Å². The smallest absolute Gasteiger partial charge is 0.152 e. The lowest BCUT2D eigenvalue weighted by molar-refractivity contribution is 0.0775. The third kappa shape index (κ3) is 3.65. The maximum Gasteiger partial charge on any atom is 0.152 e. The van der Waals surface area contributed by atoms with Crippen LogP contribution in [0.3, 0.4) is 0 Å². The lowest BCUT2D eigenvalue weighted by Crippen LogP contribution is -2.20. The quantitative estimate of drug-likeness (QED) is 0.323. The number of hydrogen-bond acceptors (Lipinski definition) is 5. The highest BCUT2D eigenvalue weighted by Crippen LogP contribution is 2.32. The zero-order chi connectivity index (χ0) is 21.5. The molecule has 5 nitrogen and oxygen atoms in total. The Bertz CT molecular complexity index is 1390. The molecule has 5 rings (SSSR count). The highest BCUT2D eigenvalue weighted by molar-refractivity contribution is 7.17. The number of nitrogens with zero attached hydrogens (tertiary/aromatic N) is 3. The van der Waals surface area contributed by atoms with Crippen LogP contribution in [0.15, 0.2) is 54.2 Å². The van der Waals surface area contributed by atoms with Gasteiger partial charge in [0.15, 0.2) is 5.82 Å². The molecule has 158 valence electrons. The van der Waals surface area contributed by atoms with Crippen LogP contribution in [0.4, 0.5) is 5.82 Å². The van der Waals surface area contributed by atoms with Gasteiger partial charge in [0.05, 0.1) is 36.6 Å². The maximum absolute atomic E-state index is 6.23. The Morgan fingerprint density at radius 1 is 1.16 bits per heavy atom. The molecule has 2 N–H and O–H groups in total. The summed E-state index contributed by atoms with van der Waals surface area (Å²) >= 11 is 7.91. The van der Waals surface area contributed by atoms with Crippen LogP contribution in [0.5, 0.6) is 0 Å². The molecule has 0 aliphatic heterocycles. The first-order valence-electron chi connectivity index (χ1n) is 10.3. The van der Waals surface area contributed by atoms with Gasteiger partial charge in [-0.05, 0) is 46.5 Å². The number of hydrogen-bond donors (Lipinski definition) is 1. The van der Waals surface area contributed by atoms with Gasteiger partial charge in [-0.3, -0.25) is 0 Å². The van der Waals surface area contributed by atoms with Crippen molar-refractivity contribution < 1.29 is 4.74 Å². The Balaban J connectivity index is 1.46. The van der Waals surface area contributed by atoms with Gasteiger partial charge in [-0.2, -0.15) is 0 Å². The van der Waals surface area contributed by atoms with Crippen LogP contribution in [0.1, 0.15) is 25.5 Å². The Morgan fingerprint density at radius 3 is 2.84 bits per heavy atom. The van der Waals surface area contributed by atoms with Crippen molar-refractivity contribution in [2.45, 2.75) is 26.5 Å². The molecule has 0 saturated carbocycles. The summed E-state index contributed by atoms with van der Waals surface area (Å²) in [5, 5.41) is 5.11. The van der Waals surface area contributed by atoms with Crippen molar-refractivity contribution in [2.24, 2.45) is 5.92 Å². The summed E-state index contributed by atoms with van der Waals surface area (Å²) in [7, 11) is 0. The number of pyridine rings is 1. The standard InChI is InChI=1S/C24H23ClN4OS/c1-14(2)20(11-30-10-15-12-31-21-8-7-16(25)9-18(15)21)29-13-27-22-23(29)17-5-3-4-6-19(17)28-24(22)26/h3-9,12-14,20H,10-11H2,1-2H3,(H2,26,28). The van der Waals surface area contributed by atoms with Gasteiger partial charge in [0.25, 0.3) is 0 Å². The molecule has 0 fully saturated rings. The monoisotopic (exact) mass is 450 g/mol. The number of fused-ring (bicyclic) bond motifs is 4. The first kappa shape index (κ1) is 20.2. The Hall–Kier alpha value is -2.67. The molecule has 3 aromatic heterocycles. The van der Waals surface area contributed by atoms with E-state index in [0.717, 1.165) is 32.3 Å². The van der Waals surface area contributed by atoms with Crippen molar-refractivity contribution in [3.05, 3.63) is 64.8 Å². The fourth-order valence-electron chi connectivity index (χ4n) is 4.07. The van der Waals surface area contributed by atoms with E-state index in [1.54, 1.807) is 11.3 Å². The van der Waals surface area contributed by atoms with Crippen molar-refractivity contribution in [1.82, 2.24) is 14.5 Å². The van der Waals surface area contributed by atoms with Gasteiger partial charge in [-0.1, -0.05) is 43.6 Å². The minimum Gasteiger partial charge on any atom is -0.382 e. The molecule has 0 spiro atoms. The van der Waals surface area contributed by atoms with Gasteiger partial charge in [0, 0.05) is 15.1 Å². The molecule has 1 unspecified atom stereocenters. The lowest BCUT2D eigenvalue weighted by atomic mass is 10.0. The summed E-state index contributed by atoms with van der Waals surface area (Å²) < 4.78 is 9.65. The molecule has 31 heavy (non-hydrogen) atoms. The molecule has 0 amide bonds. The predicted molar refractivity (Wildman–Crippen MR) is 130 cm³/mol. The highest BCUT2D eigenvalue weighted by atomic mass is 35.5. The summed E-state index contributed by atoms with van der Waals surface area (Å²) in [5.74, 6) is 0.803. The van der Waals surface area contributed by atoms with Crippen molar-refractivity contribution >= 4 is 60.8 Å². The molecule has 0 bridgehead atoms. The van der Waals surface area contributed by atoms with Crippen molar-refractivity contribution in [1.29, 1.82) is 0 Å². The van der Waals surface area contributed by atoms with E-state index in [0.29, 0.717) is 24.9 Å². The minimum atomic E-state index is 0.115. The topological polar surface area (TPSA) is 66.0 Å². The molecule has 0 aliphatic carbocycles. The van der Waals surface area contributed by atoms with Crippen LogP contribution < -0.4 is 5.73 Å². The fourth-order valence-corrected chi connectivity index (χ4v) is 5.17. The van der Waals surface area contributed by atoms with Crippen molar-refractivity contribution in [3.8, 4) is 0 Å². The van der Waals surface area contributed by atoms with Crippen LogP contribution in [-0.2, 0) is 11.3 Å². The second-order valence-corrected chi connectivity index (χ2v) is 9.44. The lowest BCUT2D eigenvalue weighted by Gasteiger charge is -2.24. The molecule has 0 aliphatic rings. The molecule has 2 aromatic carbocycles. The molecule has 0 radical (unpaired) electrons. The number of anilines is 1. The molecule has 1 atom stereocenters. The Morgan fingerprint density at radius 2 is 2.00 bits per heavy atom. The summed E-state index contributed by atoms with van der Waals surface area (Å²) in [6.45, 7) is 5.51. The maximum atomic E-state index is 6.23. The number of rotatable bonds is 6. The fraction of sp³-hybridized carbons (Fsp3) is 0.250. The number of para-hydroxylation sites is 1. The van der Waals surface area contributed by atoms with Gasteiger partial charge in [0.1, 0.15) is 5.52 Å². The number of nitrogen functional groups attached to an aromatic ring is 1. The summed E-state index contributed by atoms with van der Waals surface area (Å²) in [6, 6.07) is 14.2. The number of benzene rings is 2. The Labute approximate surface area is 189 Å². The number of thiophene rings is 1. The number of halogens is 1. The number of ether oxygens (including phenoxy) is 1. The van der Waals surface area contributed by atoms with Gasteiger partial charge < -0.3 is 15.0 Å². The number of nitrogens with two attached hydrogens (primary N) is 1. The normalized spacial score (nSPS) is 13.0. The van der Waals surface area contributed by atoms with E-state index < -0.39 is 0 Å². The zero-order valence-electron chi connectivity index (χ0n) is 17.4. The summed E-state index contributed by atoms with van der Waals surface area (Å²) in [6.07, 6.45) is 1.86. The van der Waals surface area contributed by atoms with Crippen LogP contribution >= 0.6 is 22.9 Å². The molecular formula is C24H23ClN4OS. The van der Waals surface area contributed by atoms with Gasteiger partial charge in [-0.25, -0.2) is 9.97 Å². The van der Waals surface area contributed by atoms with E-state index in [9.17, 15) is 0 Å². The third-order valence-corrected chi connectivity index (χ3v) is 6.97. The second-order valence-electron chi connectivity index (χ2n) is 8.09. The third-order valence-electron chi connectivity index (χ3n) is 5.73. The van der Waals surface area contributed by atoms with Crippen LogP contribution in [0, 0.1) is 5.92 Å². The van der Waals surface area contributed by atoms with Crippen LogP contribution in [0.25, 0.3) is 32.0 Å². The van der Waals surface area contributed by atoms with E-state index >= 15 is 0 Å². The van der Waals surface area contributed by atoms with Gasteiger partial charge >= 0.3 is 0 Å². The predicted octanol–water partition coefficient (Wildman–Crippen LogP) is 6.45. The zero-order valence-corrected chi connectivity index (χ0v) is 19.0. The molecule has 3 heterocycles. The van der Waals surface area contributed by atoms with Gasteiger partial charge in [-0.15, -0.1) is 11.3 Å². The molecular weight excluding hydrogens is 428 g/mol. The first-order valence-corrected chi connectivity index (χ1v) is 11.5. The minimum absolute atomic E-state index is 0.115. The van der Waals surface area contributed by atoms with E-state index in [4.69, 9.17) is 22.1 Å². The van der Waals surface area contributed by atoms with E-state index in [1.807, 2.05) is 36.7 Å². The number of aromatic nitrogens is 3. The van der Waals surface area contributed by atoms with E-state index in [1.165, 1.54) is 10.3 Å². The molecule has 7 heteroatoms. The average Bonchev–Trinajstić information content (AvgIpc) is 3.36. The average molecular weight is 451 g/mol. The van der Waals surface area contributed by atoms with Crippen molar-refractivity contribution in [3.63, 3.8) is 0 Å². The molecule has 0 saturated heterocycles. The second kappa shape index (κ2) is 8.11. The van der Waals surface area contributed by atoms with Crippen LogP contribution in [-0.4, -0.2) is 21.1 Å². The van der Waals surface area contributed by atoms with Gasteiger partial charge in [0.2, 0.25) is 0 Å². The summed E-state index contributed by atoms with van der Waals surface area (Å²) in [5.41, 5.74) is 10.0. The first-order chi connectivity index (χ1) is 15.0. The van der Waals surface area contributed by atoms with Crippen molar-refractivity contribution in [2.75, 3.05) is 12.3 Å². The van der Waals surface area contributed by atoms with E-state index in [-0.39, 0.29) is 6.04 Å². The summed E-state index contributed by atoms with van der Waals surface area (Å²) in [4.78, 5) is 9.10. The SMILES string of the molecule is CC(C)C(COCc1csc2ccc(Cl)cc12)n1cnc2c(N)nc3ccccc3c21. The highest BCUT2D eigenvalue weighted by Gasteiger charge is 2.21. The largest absolute Gasteiger partial charge is 0.382 e. The number of imidazole rings is 1. The van der Waals surface area contributed by atoms with E-state index in [2.05, 4.69) is 45.9 Å². The molecule has 5 aromatic rings. The Kier molecular flexibility index (Phi) is 5.30.